The lowest BCUT2D eigenvalue weighted by molar-refractivity contribution is -0.137. The summed E-state index contributed by atoms with van der Waals surface area (Å²) in [6.45, 7) is -0.538. The number of aldehydes is 1. The largest absolute Gasteiger partial charge is 0.487 e. The lowest BCUT2D eigenvalue weighted by Crippen LogP contribution is -2.07. The summed E-state index contributed by atoms with van der Waals surface area (Å²) in [4.78, 5) is 27.2. The molecule has 0 aliphatic carbocycles. The molecule has 2 aromatic heterocycles. The number of pyridine rings is 1. The van der Waals surface area contributed by atoms with Gasteiger partial charge in [-0.25, -0.2) is 18.6 Å². The third kappa shape index (κ3) is 5.05. The van der Waals surface area contributed by atoms with Crippen molar-refractivity contribution in [1.29, 1.82) is 0 Å². The lowest BCUT2D eigenvalue weighted by Gasteiger charge is -2.13. The van der Waals surface area contributed by atoms with Crippen LogP contribution >= 0.6 is 11.3 Å². The number of carbonyl (C=O) groups is 2. The molecule has 0 radical (unpaired) electrons. The molecule has 162 valence electrons. The number of halogens is 5. The Morgan fingerprint density at radius 3 is 2.52 bits per heavy atom. The minimum absolute atomic E-state index is 0.0256. The predicted octanol–water partition coefficient (Wildman–Crippen LogP) is 5.29. The number of esters is 1. The van der Waals surface area contributed by atoms with Crippen LogP contribution in [-0.2, 0) is 17.5 Å². The zero-order chi connectivity index (χ0) is 22.8. The van der Waals surface area contributed by atoms with Crippen LogP contribution in [-0.4, -0.2) is 24.3 Å². The average molecular weight is 457 g/mol. The van der Waals surface area contributed by atoms with Crippen LogP contribution in [0.15, 0.2) is 36.5 Å². The number of thiophene rings is 1. The van der Waals surface area contributed by atoms with Crippen LogP contribution < -0.4 is 4.74 Å². The van der Waals surface area contributed by atoms with Gasteiger partial charge < -0.3 is 9.47 Å². The third-order valence-corrected chi connectivity index (χ3v) is 5.05. The first-order valence-electron chi connectivity index (χ1n) is 8.45. The maximum atomic E-state index is 13.8. The molecule has 5 nitrogen and oxygen atoms in total. The molecule has 0 amide bonds. The quantitative estimate of drug-likeness (QED) is 0.286. The van der Waals surface area contributed by atoms with E-state index < -0.39 is 36.0 Å². The minimum Gasteiger partial charge on any atom is -0.487 e. The Bertz CT molecular complexity index is 1140. The topological polar surface area (TPSA) is 65.5 Å². The van der Waals surface area contributed by atoms with Gasteiger partial charge in [0, 0.05) is 11.6 Å². The number of aromatic nitrogens is 1. The van der Waals surface area contributed by atoms with Gasteiger partial charge in [0.05, 0.1) is 23.7 Å². The summed E-state index contributed by atoms with van der Waals surface area (Å²) in [5.74, 6) is -2.85. The van der Waals surface area contributed by atoms with Crippen LogP contribution in [0, 0.1) is 11.6 Å². The molecule has 3 rings (SSSR count). The molecule has 3 aromatic rings. The fraction of sp³-hybridized carbons (Fsp3) is 0.150. The molecule has 0 spiro atoms. The van der Waals surface area contributed by atoms with Crippen molar-refractivity contribution in [3.63, 3.8) is 0 Å². The number of methoxy groups -OCH3 is 1. The fourth-order valence-corrected chi connectivity index (χ4v) is 3.56. The number of alkyl halides is 3. The van der Waals surface area contributed by atoms with Gasteiger partial charge in [-0.05, 0) is 29.8 Å². The van der Waals surface area contributed by atoms with Gasteiger partial charge in [-0.1, -0.05) is 0 Å². The predicted molar refractivity (Wildman–Crippen MR) is 100.0 cm³/mol. The lowest BCUT2D eigenvalue weighted by atomic mass is 10.1. The number of nitrogens with zero attached hydrogens (tertiary/aromatic N) is 1. The molecular weight excluding hydrogens is 445 g/mol. The summed E-state index contributed by atoms with van der Waals surface area (Å²) in [5.41, 5.74) is -1.24. The van der Waals surface area contributed by atoms with Crippen LogP contribution in [0.2, 0.25) is 0 Å². The maximum Gasteiger partial charge on any atom is 0.416 e. The zero-order valence-corrected chi connectivity index (χ0v) is 16.4. The van der Waals surface area contributed by atoms with Crippen LogP contribution in [0.1, 0.15) is 30.5 Å². The number of rotatable bonds is 6. The highest BCUT2D eigenvalue weighted by Crippen LogP contribution is 2.36. The number of ether oxygens (including phenoxy) is 2. The molecule has 31 heavy (non-hydrogen) atoms. The minimum atomic E-state index is -4.76. The second-order valence-electron chi connectivity index (χ2n) is 6.13. The van der Waals surface area contributed by atoms with Crippen molar-refractivity contribution in [2.24, 2.45) is 0 Å². The van der Waals surface area contributed by atoms with Crippen molar-refractivity contribution in [2.45, 2.75) is 12.8 Å². The highest BCUT2D eigenvalue weighted by Gasteiger charge is 2.31. The van der Waals surface area contributed by atoms with Gasteiger partial charge in [0.2, 0.25) is 0 Å². The summed E-state index contributed by atoms with van der Waals surface area (Å²) >= 11 is 0.815. The number of hydrogen-bond acceptors (Lipinski definition) is 6. The zero-order valence-electron chi connectivity index (χ0n) is 15.6. The molecular formula is C20H12F5NO4S. The van der Waals surface area contributed by atoms with Crippen LogP contribution in [0.5, 0.6) is 5.75 Å². The highest BCUT2D eigenvalue weighted by atomic mass is 32.1. The SMILES string of the molecule is COC(=O)c1cc(-c2ncc(F)cc2OCc2cc(F)cc(C(F)(F)F)c2)c(C=O)s1. The van der Waals surface area contributed by atoms with E-state index in [0.717, 1.165) is 36.8 Å². The average Bonchev–Trinajstić information content (AvgIpc) is 3.15. The van der Waals surface area contributed by atoms with E-state index in [1.807, 2.05) is 0 Å². The summed E-state index contributed by atoms with van der Waals surface area (Å²) in [6, 6.07) is 4.10. The Morgan fingerprint density at radius 2 is 1.87 bits per heavy atom. The summed E-state index contributed by atoms with van der Waals surface area (Å²) in [5, 5.41) is 0. The van der Waals surface area contributed by atoms with Crippen LogP contribution in [0.25, 0.3) is 11.3 Å². The molecule has 1 aromatic carbocycles. The monoisotopic (exact) mass is 457 g/mol. The normalized spacial score (nSPS) is 11.3. The molecule has 0 aliphatic rings. The standard InChI is InChI=1S/C20H12F5NO4S/c1-29-19(28)16-6-14(17(8-27)31-16)18-15(5-13(22)7-26-18)30-9-10-2-11(20(23,24)25)4-12(21)3-10/h2-8H,9H2,1H3. The van der Waals surface area contributed by atoms with Gasteiger partial charge in [0.25, 0.3) is 0 Å². The van der Waals surface area contributed by atoms with E-state index in [4.69, 9.17) is 4.74 Å². The van der Waals surface area contributed by atoms with Crippen LogP contribution in [0.4, 0.5) is 22.0 Å². The van der Waals surface area contributed by atoms with Crippen molar-refractivity contribution in [3.8, 4) is 17.0 Å². The number of benzene rings is 1. The van der Waals surface area contributed by atoms with E-state index in [-0.39, 0.29) is 32.3 Å². The summed E-state index contributed by atoms with van der Waals surface area (Å²) in [6.07, 6.45) is -3.46. The molecule has 0 saturated carbocycles. The summed E-state index contributed by atoms with van der Waals surface area (Å²) in [7, 11) is 1.15. The Labute approximate surface area is 176 Å². The molecule has 0 bridgehead atoms. The molecule has 0 fully saturated rings. The van der Waals surface area contributed by atoms with E-state index in [1.165, 1.54) is 6.07 Å². The molecule has 0 N–H and O–H groups in total. The van der Waals surface area contributed by atoms with E-state index >= 15 is 0 Å². The van der Waals surface area contributed by atoms with Crippen molar-refractivity contribution in [1.82, 2.24) is 4.98 Å². The van der Waals surface area contributed by atoms with Gasteiger partial charge in [-0.2, -0.15) is 13.2 Å². The van der Waals surface area contributed by atoms with Gasteiger partial charge in [0.1, 0.15) is 34.6 Å². The van der Waals surface area contributed by atoms with E-state index in [1.54, 1.807) is 0 Å². The Hall–Kier alpha value is -3.34. The van der Waals surface area contributed by atoms with Crippen molar-refractivity contribution in [3.05, 3.63) is 69.0 Å². The fourth-order valence-electron chi connectivity index (χ4n) is 2.67. The number of carbonyl (C=O) groups excluding carboxylic acids is 2. The molecule has 0 unspecified atom stereocenters. The highest BCUT2D eigenvalue weighted by molar-refractivity contribution is 7.16. The molecule has 0 atom stereocenters. The number of hydrogen-bond donors (Lipinski definition) is 0. The summed E-state index contributed by atoms with van der Waals surface area (Å²) < 4.78 is 76.0. The van der Waals surface area contributed by atoms with E-state index in [9.17, 15) is 31.5 Å². The Balaban J connectivity index is 1.97. The third-order valence-electron chi connectivity index (χ3n) is 4.01. The Morgan fingerprint density at radius 1 is 1.13 bits per heavy atom. The van der Waals surface area contributed by atoms with Crippen molar-refractivity contribution in [2.75, 3.05) is 7.11 Å². The van der Waals surface area contributed by atoms with Gasteiger partial charge in [-0.3, -0.25) is 4.79 Å². The van der Waals surface area contributed by atoms with Gasteiger partial charge in [0.15, 0.2) is 6.29 Å². The maximum absolute atomic E-state index is 13.8. The van der Waals surface area contributed by atoms with E-state index in [0.29, 0.717) is 18.4 Å². The first-order valence-corrected chi connectivity index (χ1v) is 9.26. The molecule has 2 heterocycles. The second kappa shape index (κ2) is 8.80. The smallest absolute Gasteiger partial charge is 0.416 e. The van der Waals surface area contributed by atoms with Gasteiger partial charge in [-0.15, -0.1) is 11.3 Å². The van der Waals surface area contributed by atoms with E-state index in [2.05, 4.69) is 9.72 Å². The van der Waals surface area contributed by atoms with Crippen molar-refractivity contribution < 1.29 is 41.0 Å². The van der Waals surface area contributed by atoms with Crippen molar-refractivity contribution >= 4 is 23.6 Å². The van der Waals surface area contributed by atoms with Gasteiger partial charge >= 0.3 is 12.1 Å². The first kappa shape index (κ1) is 22.3. The molecule has 11 heteroatoms. The second-order valence-corrected chi connectivity index (χ2v) is 7.22. The molecule has 0 aliphatic heterocycles. The van der Waals surface area contributed by atoms with Crippen LogP contribution in [0.3, 0.4) is 0 Å². The molecule has 0 saturated heterocycles. The first-order chi connectivity index (χ1) is 14.6. The Kier molecular flexibility index (Phi) is 6.34.